The maximum absolute atomic E-state index is 12.1. The first-order valence-corrected chi connectivity index (χ1v) is 14.0. The lowest BCUT2D eigenvalue weighted by Crippen LogP contribution is -2.33. The molecule has 0 atom stereocenters. The number of rotatable bonds is 9. The summed E-state index contributed by atoms with van der Waals surface area (Å²) in [5.41, 5.74) is 5.13. The van der Waals surface area contributed by atoms with Gasteiger partial charge >= 0.3 is 5.97 Å². The second-order valence-corrected chi connectivity index (χ2v) is 10.8. The summed E-state index contributed by atoms with van der Waals surface area (Å²) in [5.74, 6) is -0.319. The van der Waals surface area contributed by atoms with Gasteiger partial charge in [-0.2, -0.15) is 9.61 Å². The number of aromatic carboxylic acids is 1. The van der Waals surface area contributed by atoms with E-state index in [1.165, 1.54) is 11.8 Å². The van der Waals surface area contributed by atoms with Crippen molar-refractivity contribution in [1.29, 1.82) is 0 Å². The van der Waals surface area contributed by atoms with Crippen LogP contribution < -0.4 is 4.90 Å². The molecule has 9 heteroatoms. The Balaban J connectivity index is 1.24. The van der Waals surface area contributed by atoms with Crippen molar-refractivity contribution in [2.45, 2.75) is 38.1 Å². The van der Waals surface area contributed by atoms with Crippen molar-refractivity contribution in [2.24, 2.45) is 0 Å². The highest BCUT2D eigenvalue weighted by molar-refractivity contribution is 5.97. The third kappa shape index (κ3) is 4.77. The van der Waals surface area contributed by atoms with Crippen molar-refractivity contribution in [2.75, 3.05) is 11.9 Å². The lowest BCUT2D eigenvalue weighted by molar-refractivity contribution is -0.0347. The Morgan fingerprint density at radius 2 is 1.74 bits per heavy atom. The molecule has 0 spiro atoms. The number of fused-ring (bicyclic) bond motifs is 2. The first-order valence-electron chi connectivity index (χ1n) is 14.0. The van der Waals surface area contributed by atoms with E-state index in [1.54, 1.807) is 10.7 Å². The Morgan fingerprint density at radius 1 is 1.00 bits per heavy atom. The van der Waals surface area contributed by atoms with E-state index < -0.39 is 5.97 Å². The number of aromatic nitrogens is 5. The summed E-state index contributed by atoms with van der Waals surface area (Å²) in [7, 11) is 1.97. The third-order valence-corrected chi connectivity index (χ3v) is 7.99. The molecule has 0 aliphatic heterocycles. The average molecular weight is 559 g/mol. The highest BCUT2D eigenvalue weighted by Crippen LogP contribution is 2.40. The van der Waals surface area contributed by atoms with E-state index in [9.17, 15) is 9.90 Å². The summed E-state index contributed by atoms with van der Waals surface area (Å²) in [6.45, 7) is 1.23. The highest BCUT2D eigenvalue weighted by atomic mass is 16.5. The first kappa shape index (κ1) is 25.9. The lowest BCUT2D eigenvalue weighted by Gasteiger charge is -2.36. The topological polar surface area (TPSA) is 97.8 Å². The number of carboxylic acid groups (broad SMARTS) is 1. The quantitative estimate of drug-likeness (QED) is 0.232. The predicted molar refractivity (Wildman–Crippen MR) is 161 cm³/mol. The number of benzene rings is 2. The van der Waals surface area contributed by atoms with Crippen LogP contribution in [0.3, 0.4) is 0 Å². The van der Waals surface area contributed by atoms with Gasteiger partial charge in [-0.3, -0.25) is 0 Å². The van der Waals surface area contributed by atoms with Crippen molar-refractivity contribution in [3.63, 3.8) is 0 Å². The standard InChI is InChI=1S/C33H30N6O3/c1-37(19-22-9-4-2-5-10-22)30-17-29(36-32-27(33(40)41)18-35-39(30)32)28-20-38(31-26(28)13-8-14-34-31)24-15-25(16-24)42-21-23-11-6-3-7-12-23/h2-14,17-18,20,24-25H,15-16,19,21H2,1H3,(H,40,41)/t24-,25+. The van der Waals surface area contributed by atoms with Gasteiger partial charge in [-0.1, -0.05) is 60.7 Å². The van der Waals surface area contributed by atoms with Crippen LogP contribution in [-0.2, 0) is 17.9 Å². The molecule has 1 saturated carbocycles. The minimum Gasteiger partial charge on any atom is -0.477 e. The third-order valence-electron chi connectivity index (χ3n) is 7.99. The van der Waals surface area contributed by atoms with Gasteiger partial charge in [0.2, 0.25) is 0 Å². The van der Waals surface area contributed by atoms with Crippen LogP contribution in [0.25, 0.3) is 27.9 Å². The molecule has 0 amide bonds. The maximum Gasteiger partial charge on any atom is 0.341 e. The van der Waals surface area contributed by atoms with Crippen LogP contribution >= 0.6 is 0 Å². The molecule has 1 aliphatic carbocycles. The van der Waals surface area contributed by atoms with E-state index in [4.69, 9.17) is 14.7 Å². The molecule has 42 heavy (non-hydrogen) atoms. The smallest absolute Gasteiger partial charge is 0.341 e. The van der Waals surface area contributed by atoms with E-state index >= 15 is 0 Å². The molecular formula is C33H30N6O3. The Morgan fingerprint density at radius 3 is 2.48 bits per heavy atom. The normalized spacial score (nSPS) is 16.5. The number of pyridine rings is 1. The highest BCUT2D eigenvalue weighted by Gasteiger charge is 2.33. The molecule has 6 aromatic rings. The molecule has 2 aromatic carbocycles. The monoisotopic (exact) mass is 558 g/mol. The number of hydrogen-bond donors (Lipinski definition) is 1. The lowest BCUT2D eigenvalue weighted by atomic mass is 9.89. The molecule has 0 bridgehead atoms. The van der Waals surface area contributed by atoms with Crippen LogP contribution in [0.2, 0.25) is 0 Å². The molecule has 9 nitrogen and oxygen atoms in total. The molecule has 0 unspecified atom stereocenters. The number of carboxylic acids is 1. The molecule has 7 rings (SSSR count). The van der Waals surface area contributed by atoms with E-state index in [0.29, 0.717) is 24.5 Å². The van der Waals surface area contributed by atoms with Crippen molar-refractivity contribution in [3.05, 3.63) is 114 Å². The molecule has 0 saturated heterocycles. The summed E-state index contributed by atoms with van der Waals surface area (Å²) >= 11 is 0. The summed E-state index contributed by atoms with van der Waals surface area (Å²) in [6.07, 6.45) is 7.26. The first-order chi connectivity index (χ1) is 20.5. The summed E-state index contributed by atoms with van der Waals surface area (Å²) < 4.78 is 10.00. The zero-order chi connectivity index (χ0) is 28.6. The van der Waals surface area contributed by atoms with Gasteiger partial charge in [0, 0.05) is 49.0 Å². The minimum atomic E-state index is -1.06. The second-order valence-electron chi connectivity index (χ2n) is 10.8. The number of hydrogen-bond acceptors (Lipinski definition) is 6. The number of carbonyl (C=O) groups is 1. The molecule has 1 N–H and O–H groups in total. The van der Waals surface area contributed by atoms with Crippen molar-refractivity contribution >= 4 is 28.5 Å². The van der Waals surface area contributed by atoms with Crippen LogP contribution in [0, 0.1) is 0 Å². The van der Waals surface area contributed by atoms with Gasteiger partial charge in [-0.15, -0.1) is 0 Å². The van der Waals surface area contributed by atoms with Gasteiger partial charge in [0.05, 0.1) is 24.6 Å². The van der Waals surface area contributed by atoms with Crippen LogP contribution in [-0.4, -0.2) is 48.4 Å². The van der Waals surface area contributed by atoms with Crippen molar-refractivity contribution in [1.82, 2.24) is 24.1 Å². The molecule has 1 fully saturated rings. The zero-order valence-electron chi connectivity index (χ0n) is 23.2. The molecule has 0 radical (unpaired) electrons. The second kappa shape index (κ2) is 10.8. The largest absolute Gasteiger partial charge is 0.477 e. The van der Waals surface area contributed by atoms with Gasteiger partial charge in [0.15, 0.2) is 5.65 Å². The number of anilines is 1. The number of ether oxygens (including phenoxy) is 1. The summed E-state index contributed by atoms with van der Waals surface area (Å²) in [6, 6.07) is 26.6. The van der Waals surface area contributed by atoms with Crippen LogP contribution in [0.5, 0.6) is 0 Å². The van der Waals surface area contributed by atoms with E-state index in [1.807, 2.05) is 61.6 Å². The van der Waals surface area contributed by atoms with Crippen LogP contribution in [0.4, 0.5) is 5.82 Å². The van der Waals surface area contributed by atoms with E-state index in [0.717, 1.165) is 40.8 Å². The Bertz CT molecular complexity index is 1880. The fourth-order valence-electron chi connectivity index (χ4n) is 5.70. The van der Waals surface area contributed by atoms with Gasteiger partial charge < -0.3 is 19.3 Å². The summed E-state index contributed by atoms with van der Waals surface area (Å²) in [5, 5.41) is 15.3. The SMILES string of the molecule is CN(Cc1ccccc1)c1cc(-c2cn([C@H]3C[C@@H](OCc4ccccc4)C3)c3ncccc23)nc2c(C(=O)O)cnn12. The Hall–Kier alpha value is -5.02. The van der Waals surface area contributed by atoms with Crippen molar-refractivity contribution < 1.29 is 14.6 Å². The van der Waals surface area contributed by atoms with Gasteiger partial charge in [0.1, 0.15) is 17.0 Å². The Labute approximate surface area is 242 Å². The predicted octanol–water partition coefficient (Wildman–Crippen LogP) is 6.00. The summed E-state index contributed by atoms with van der Waals surface area (Å²) in [4.78, 5) is 23.7. The average Bonchev–Trinajstić information content (AvgIpc) is 3.59. The minimum absolute atomic E-state index is 0.0606. The molecular weight excluding hydrogens is 528 g/mol. The van der Waals surface area contributed by atoms with Crippen molar-refractivity contribution in [3.8, 4) is 11.3 Å². The van der Waals surface area contributed by atoms with Gasteiger partial charge in [-0.05, 0) is 36.1 Å². The van der Waals surface area contributed by atoms with Crippen LogP contribution in [0.1, 0.15) is 40.4 Å². The molecule has 4 aromatic heterocycles. The fraction of sp³-hybridized carbons (Fsp3) is 0.212. The number of nitrogens with zero attached hydrogens (tertiary/aromatic N) is 6. The maximum atomic E-state index is 12.1. The molecule has 4 heterocycles. The Kier molecular flexibility index (Phi) is 6.64. The fourth-order valence-corrected chi connectivity index (χ4v) is 5.70. The van der Waals surface area contributed by atoms with E-state index in [2.05, 4.69) is 45.0 Å². The zero-order valence-corrected chi connectivity index (χ0v) is 23.2. The molecule has 1 aliphatic rings. The van der Waals surface area contributed by atoms with Gasteiger partial charge in [-0.25, -0.2) is 14.8 Å². The van der Waals surface area contributed by atoms with Gasteiger partial charge in [0.25, 0.3) is 0 Å². The van der Waals surface area contributed by atoms with E-state index in [-0.39, 0.29) is 17.7 Å². The van der Waals surface area contributed by atoms with Crippen LogP contribution in [0.15, 0.2) is 97.5 Å². The molecule has 210 valence electrons.